The molecule has 2 heterocycles. The highest BCUT2D eigenvalue weighted by Crippen LogP contribution is 2.39. The zero-order valence-corrected chi connectivity index (χ0v) is 28.4. The molecule has 0 bridgehead atoms. The number of hydrogen-bond acceptors (Lipinski definition) is 3. The van der Waals surface area contributed by atoms with Crippen LogP contribution in [0.1, 0.15) is 22.3 Å². The van der Waals surface area contributed by atoms with Crippen LogP contribution in [0.15, 0.2) is 170 Å². The third kappa shape index (κ3) is 5.56. The molecule has 0 radical (unpaired) electrons. The standard InChI is InChI=1S/C46H34N6/c47-29-33-15-11-19-36(25-33)51-42-23-9-7-21-38(42)40-27-41-39-22-8-10-24-43(39)52(45(41)28-44(40)51)37-20-12-16-34(26-37)31-50(30-32-13-3-1-4-14-32)49-46(48)35-17-5-2-6-18-35/h1-28H,30-31H2,(H2,48,49). The highest BCUT2D eigenvalue weighted by molar-refractivity contribution is 6.19. The fraction of sp³-hybridized carbons (Fsp3) is 0.0435. The second kappa shape index (κ2) is 13.1. The van der Waals surface area contributed by atoms with Crippen molar-refractivity contribution in [3.63, 3.8) is 0 Å². The van der Waals surface area contributed by atoms with Gasteiger partial charge in [-0.3, -0.25) is 5.41 Å². The van der Waals surface area contributed by atoms with Gasteiger partial charge in [0, 0.05) is 51.6 Å². The summed E-state index contributed by atoms with van der Waals surface area (Å²) in [6.07, 6.45) is 0. The number of fused-ring (bicyclic) bond motifs is 6. The monoisotopic (exact) mass is 670 g/mol. The first kappa shape index (κ1) is 31.1. The van der Waals surface area contributed by atoms with Crippen LogP contribution in [-0.4, -0.2) is 20.0 Å². The minimum Gasteiger partial charge on any atom is -0.309 e. The van der Waals surface area contributed by atoms with Crippen molar-refractivity contribution in [2.75, 3.05) is 0 Å². The van der Waals surface area contributed by atoms with E-state index in [4.69, 9.17) is 5.41 Å². The Morgan fingerprint density at radius 3 is 1.71 bits per heavy atom. The molecule has 9 rings (SSSR count). The summed E-state index contributed by atoms with van der Waals surface area (Å²) in [5.74, 6) is 0.356. The summed E-state index contributed by atoms with van der Waals surface area (Å²) < 4.78 is 4.64. The molecule has 6 heteroatoms. The average molecular weight is 671 g/mol. The summed E-state index contributed by atoms with van der Waals surface area (Å²) >= 11 is 0. The maximum atomic E-state index is 9.74. The number of rotatable bonds is 8. The summed E-state index contributed by atoms with van der Waals surface area (Å²) in [7, 11) is 0. The zero-order chi connectivity index (χ0) is 35.0. The summed E-state index contributed by atoms with van der Waals surface area (Å²) in [6.45, 7) is 1.22. The Bertz CT molecular complexity index is 2810. The number of nitriles is 1. The summed E-state index contributed by atoms with van der Waals surface area (Å²) in [5, 5.41) is 25.4. The minimum atomic E-state index is 0.356. The van der Waals surface area contributed by atoms with Gasteiger partial charge in [-0.2, -0.15) is 5.26 Å². The fourth-order valence-corrected chi connectivity index (χ4v) is 7.48. The lowest BCUT2D eigenvalue weighted by Gasteiger charge is -2.25. The van der Waals surface area contributed by atoms with Crippen molar-refractivity contribution in [2.24, 2.45) is 0 Å². The molecule has 0 saturated heterocycles. The van der Waals surface area contributed by atoms with Crippen molar-refractivity contribution < 1.29 is 0 Å². The Kier molecular flexibility index (Phi) is 7.81. The first-order chi connectivity index (χ1) is 25.6. The molecule has 0 fully saturated rings. The van der Waals surface area contributed by atoms with Gasteiger partial charge < -0.3 is 14.6 Å². The van der Waals surface area contributed by atoms with Crippen LogP contribution in [0.3, 0.4) is 0 Å². The molecule has 52 heavy (non-hydrogen) atoms. The normalized spacial score (nSPS) is 11.5. The summed E-state index contributed by atoms with van der Waals surface area (Å²) in [6, 6.07) is 60.8. The Morgan fingerprint density at radius 1 is 0.519 bits per heavy atom. The Morgan fingerprint density at radius 2 is 1.06 bits per heavy atom. The molecule has 0 saturated carbocycles. The summed E-state index contributed by atoms with van der Waals surface area (Å²) in [4.78, 5) is 0. The molecular weight excluding hydrogens is 637 g/mol. The molecule has 0 aliphatic heterocycles. The van der Waals surface area contributed by atoms with E-state index < -0.39 is 0 Å². The maximum Gasteiger partial charge on any atom is 0.140 e. The zero-order valence-electron chi connectivity index (χ0n) is 28.4. The Labute approximate surface area is 301 Å². The van der Waals surface area contributed by atoms with E-state index in [-0.39, 0.29) is 0 Å². The summed E-state index contributed by atoms with van der Waals surface area (Å²) in [5.41, 5.74) is 13.6. The van der Waals surface area contributed by atoms with Crippen LogP contribution in [0, 0.1) is 16.7 Å². The van der Waals surface area contributed by atoms with Crippen molar-refractivity contribution in [3.8, 4) is 17.4 Å². The van der Waals surface area contributed by atoms with E-state index in [0.717, 1.165) is 50.1 Å². The van der Waals surface area contributed by atoms with Crippen molar-refractivity contribution in [1.82, 2.24) is 19.6 Å². The smallest absolute Gasteiger partial charge is 0.140 e. The van der Waals surface area contributed by atoms with Crippen molar-refractivity contribution in [3.05, 3.63) is 192 Å². The van der Waals surface area contributed by atoms with Gasteiger partial charge in [-0.25, -0.2) is 5.01 Å². The number of hydrogen-bond donors (Lipinski definition) is 2. The van der Waals surface area contributed by atoms with Crippen molar-refractivity contribution in [2.45, 2.75) is 13.1 Å². The highest BCUT2D eigenvalue weighted by Gasteiger charge is 2.19. The Hall–Kier alpha value is -6.94. The molecule has 0 atom stereocenters. The number of benzene rings is 7. The number of hydrazine groups is 1. The average Bonchev–Trinajstić information content (AvgIpc) is 3.70. The lowest BCUT2D eigenvalue weighted by molar-refractivity contribution is 0.216. The van der Waals surface area contributed by atoms with Crippen molar-refractivity contribution >= 4 is 49.4 Å². The molecule has 9 aromatic rings. The number of aromatic nitrogens is 2. The molecule has 6 nitrogen and oxygen atoms in total. The maximum absolute atomic E-state index is 9.74. The van der Waals surface area contributed by atoms with Gasteiger partial charge in [-0.05, 0) is 65.7 Å². The number of amidine groups is 1. The van der Waals surface area contributed by atoms with Gasteiger partial charge >= 0.3 is 0 Å². The van der Waals surface area contributed by atoms with Crippen LogP contribution in [0.2, 0.25) is 0 Å². The van der Waals surface area contributed by atoms with E-state index in [2.05, 4.69) is 141 Å². The van der Waals surface area contributed by atoms with Crippen LogP contribution in [0.25, 0.3) is 55.0 Å². The quantitative estimate of drug-likeness (QED) is 0.0960. The number of para-hydroxylation sites is 2. The van der Waals surface area contributed by atoms with Gasteiger partial charge in [0.1, 0.15) is 5.84 Å². The molecule has 0 amide bonds. The van der Waals surface area contributed by atoms with Crippen LogP contribution in [0.5, 0.6) is 0 Å². The molecule has 0 spiro atoms. The number of nitrogens with one attached hydrogen (secondary N) is 2. The van der Waals surface area contributed by atoms with Gasteiger partial charge in [0.25, 0.3) is 0 Å². The van der Waals surface area contributed by atoms with E-state index in [0.29, 0.717) is 24.5 Å². The molecular formula is C46H34N6. The van der Waals surface area contributed by atoms with Gasteiger partial charge in [-0.1, -0.05) is 115 Å². The van der Waals surface area contributed by atoms with Gasteiger partial charge in [0.05, 0.1) is 33.7 Å². The van der Waals surface area contributed by atoms with Crippen LogP contribution < -0.4 is 5.43 Å². The lowest BCUT2D eigenvalue weighted by Crippen LogP contribution is -2.41. The molecule has 0 aliphatic carbocycles. The SMILES string of the molecule is N#Cc1cccc(-n2c3ccccc3c3cc4c5ccccc5n(-c5cccc(CN(Cc6ccccc6)NC(=N)c6ccccc6)c5)c4cc32)c1. The van der Waals surface area contributed by atoms with Gasteiger partial charge in [0.15, 0.2) is 0 Å². The molecule has 0 unspecified atom stereocenters. The molecule has 248 valence electrons. The van der Waals surface area contributed by atoms with E-state index in [1.54, 1.807) is 0 Å². The van der Waals surface area contributed by atoms with Crippen LogP contribution >= 0.6 is 0 Å². The first-order valence-electron chi connectivity index (χ1n) is 17.4. The highest BCUT2D eigenvalue weighted by atomic mass is 15.5. The van der Waals surface area contributed by atoms with Crippen LogP contribution in [-0.2, 0) is 13.1 Å². The molecule has 2 N–H and O–H groups in total. The van der Waals surface area contributed by atoms with E-state index in [1.807, 2.05) is 54.6 Å². The first-order valence-corrected chi connectivity index (χ1v) is 17.4. The van der Waals surface area contributed by atoms with E-state index >= 15 is 0 Å². The number of nitrogens with zero attached hydrogens (tertiary/aromatic N) is 4. The second-order valence-electron chi connectivity index (χ2n) is 13.1. The van der Waals surface area contributed by atoms with Gasteiger partial charge in [-0.15, -0.1) is 0 Å². The Balaban J connectivity index is 1.19. The fourth-order valence-electron chi connectivity index (χ4n) is 7.48. The molecule has 0 aliphatic rings. The predicted octanol–water partition coefficient (Wildman–Crippen LogP) is 10.3. The largest absolute Gasteiger partial charge is 0.309 e. The third-order valence-electron chi connectivity index (χ3n) is 9.79. The lowest BCUT2D eigenvalue weighted by atomic mass is 10.1. The van der Waals surface area contributed by atoms with E-state index in [9.17, 15) is 5.26 Å². The van der Waals surface area contributed by atoms with Crippen LogP contribution in [0.4, 0.5) is 0 Å². The topological polar surface area (TPSA) is 72.8 Å². The third-order valence-corrected chi connectivity index (χ3v) is 9.79. The molecule has 2 aromatic heterocycles. The molecule has 7 aromatic carbocycles. The van der Waals surface area contributed by atoms with Gasteiger partial charge in [0.2, 0.25) is 0 Å². The van der Waals surface area contributed by atoms with E-state index in [1.165, 1.54) is 21.5 Å². The predicted molar refractivity (Wildman–Crippen MR) is 212 cm³/mol. The van der Waals surface area contributed by atoms with Crippen molar-refractivity contribution in [1.29, 1.82) is 10.7 Å². The minimum absolute atomic E-state index is 0.356. The second-order valence-corrected chi connectivity index (χ2v) is 13.1.